The van der Waals surface area contributed by atoms with Gasteiger partial charge in [-0.3, -0.25) is 0 Å². The molecular weight excluding hydrogens is 234 g/mol. The molecule has 0 heterocycles. The number of likely N-dealkylation sites (N-methyl/N-ethyl adjacent to an activating group) is 1. The van der Waals surface area contributed by atoms with Crippen LogP contribution in [0.5, 0.6) is 0 Å². The monoisotopic (exact) mass is 259 g/mol. The van der Waals surface area contributed by atoms with Crippen molar-refractivity contribution in [1.82, 2.24) is 10.2 Å². The van der Waals surface area contributed by atoms with Gasteiger partial charge in [-0.15, -0.1) is 0 Å². The van der Waals surface area contributed by atoms with E-state index in [1.807, 2.05) is 0 Å². The molecule has 3 heteroatoms. The SMILES string of the molecule is CN(C)C1(CNC2CC(N)c3ccccc32)CCC1. The highest BCUT2D eigenvalue weighted by atomic mass is 15.2. The second-order valence-electron chi connectivity index (χ2n) is 6.38. The average Bonchev–Trinajstić information content (AvgIpc) is 2.66. The molecule has 2 unspecified atom stereocenters. The predicted molar refractivity (Wildman–Crippen MR) is 79.0 cm³/mol. The second-order valence-corrected chi connectivity index (χ2v) is 6.38. The lowest BCUT2D eigenvalue weighted by Crippen LogP contribution is -2.56. The maximum atomic E-state index is 6.23. The summed E-state index contributed by atoms with van der Waals surface area (Å²) < 4.78 is 0. The van der Waals surface area contributed by atoms with Crippen molar-refractivity contribution in [1.29, 1.82) is 0 Å². The van der Waals surface area contributed by atoms with E-state index >= 15 is 0 Å². The summed E-state index contributed by atoms with van der Waals surface area (Å²) in [7, 11) is 4.41. The Morgan fingerprint density at radius 2 is 1.95 bits per heavy atom. The summed E-state index contributed by atoms with van der Waals surface area (Å²) >= 11 is 0. The highest BCUT2D eigenvalue weighted by Crippen LogP contribution is 2.39. The summed E-state index contributed by atoms with van der Waals surface area (Å²) in [5.41, 5.74) is 9.34. The number of hydrogen-bond acceptors (Lipinski definition) is 3. The largest absolute Gasteiger partial charge is 0.324 e. The molecule has 0 aromatic heterocycles. The van der Waals surface area contributed by atoms with Crippen molar-refractivity contribution < 1.29 is 0 Å². The lowest BCUT2D eigenvalue weighted by atomic mass is 9.75. The molecule has 1 fully saturated rings. The van der Waals surface area contributed by atoms with E-state index in [1.165, 1.54) is 30.4 Å². The van der Waals surface area contributed by atoms with E-state index in [0.717, 1.165) is 13.0 Å². The zero-order valence-electron chi connectivity index (χ0n) is 12.0. The van der Waals surface area contributed by atoms with Gasteiger partial charge in [-0.1, -0.05) is 24.3 Å². The number of nitrogens with zero attached hydrogens (tertiary/aromatic N) is 1. The minimum Gasteiger partial charge on any atom is -0.324 e. The first kappa shape index (κ1) is 13.1. The summed E-state index contributed by atoms with van der Waals surface area (Å²) in [5.74, 6) is 0. The molecule has 0 radical (unpaired) electrons. The van der Waals surface area contributed by atoms with Gasteiger partial charge in [-0.05, 0) is 50.9 Å². The predicted octanol–water partition coefficient (Wildman–Crippen LogP) is 2.21. The molecule has 0 amide bonds. The van der Waals surface area contributed by atoms with Crippen LogP contribution in [0.15, 0.2) is 24.3 Å². The van der Waals surface area contributed by atoms with Crippen molar-refractivity contribution in [3.8, 4) is 0 Å². The molecule has 2 atom stereocenters. The fourth-order valence-corrected chi connectivity index (χ4v) is 3.55. The highest BCUT2D eigenvalue weighted by Gasteiger charge is 2.40. The van der Waals surface area contributed by atoms with Gasteiger partial charge >= 0.3 is 0 Å². The Morgan fingerprint density at radius 3 is 2.53 bits per heavy atom. The van der Waals surface area contributed by atoms with Gasteiger partial charge in [0.05, 0.1) is 0 Å². The summed E-state index contributed by atoms with van der Waals surface area (Å²) in [6, 6.07) is 9.25. The van der Waals surface area contributed by atoms with Crippen LogP contribution in [0.4, 0.5) is 0 Å². The standard InChI is InChI=1S/C16H25N3/c1-19(2)16(8-5-9-16)11-18-15-10-14(17)12-6-3-4-7-13(12)15/h3-4,6-7,14-15,18H,5,8-11,17H2,1-2H3. The van der Waals surface area contributed by atoms with Gasteiger partial charge in [-0.25, -0.2) is 0 Å². The molecule has 0 saturated heterocycles. The van der Waals surface area contributed by atoms with Crippen LogP contribution in [0.3, 0.4) is 0 Å². The lowest BCUT2D eigenvalue weighted by Gasteiger charge is -2.48. The molecule has 104 valence electrons. The number of benzene rings is 1. The molecule has 3 N–H and O–H groups in total. The Balaban J connectivity index is 1.69. The number of hydrogen-bond donors (Lipinski definition) is 2. The van der Waals surface area contributed by atoms with E-state index in [1.54, 1.807) is 0 Å². The van der Waals surface area contributed by atoms with Gasteiger partial charge in [0.1, 0.15) is 0 Å². The Morgan fingerprint density at radius 1 is 1.26 bits per heavy atom. The Bertz CT molecular complexity index is 451. The van der Waals surface area contributed by atoms with Crippen LogP contribution in [-0.2, 0) is 0 Å². The first-order valence-electron chi connectivity index (χ1n) is 7.38. The number of fused-ring (bicyclic) bond motifs is 1. The molecule has 2 aliphatic carbocycles. The van der Waals surface area contributed by atoms with Crippen LogP contribution in [0.25, 0.3) is 0 Å². The summed E-state index contributed by atoms with van der Waals surface area (Å²) in [4.78, 5) is 2.39. The zero-order chi connectivity index (χ0) is 13.5. The zero-order valence-corrected chi connectivity index (χ0v) is 12.0. The molecule has 2 aliphatic rings. The molecule has 3 rings (SSSR count). The van der Waals surface area contributed by atoms with Gasteiger partial charge < -0.3 is 16.0 Å². The third-order valence-electron chi connectivity index (χ3n) is 5.17. The first-order valence-corrected chi connectivity index (χ1v) is 7.38. The summed E-state index contributed by atoms with van der Waals surface area (Å²) in [6.07, 6.45) is 5.02. The molecule has 0 spiro atoms. The number of nitrogens with one attached hydrogen (secondary N) is 1. The second kappa shape index (κ2) is 4.89. The van der Waals surface area contributed by atoms with Gasteiger partial charge in [-0.2, -0.15) is 0 Å². The fourth-order valence-electron chi connectivity index (χ4n) is 3.55. The number of nitrogens with two attached hydrogens (primary N) is 1. The van der Waals surface area contributed by atoms with Gasteiger partial charge in [0.2, 0.25) is 0 Å². The van der Waals surface area contributed by atoms with E-state index in [4.69, 9.17) is 5.73 Å². The molecule has 3 nitrogen and oxygen atoms in total. The smallest absolute Gasteiger partial charge is 0.0342 e. The van der Waals surface area contributed by atoms with Crippen LogP contribution in [0.1, 0.15) is 48.9 Å². The maximum absolute atomic E-state index is 6.23. The average molecular weight is 259 g/mol. The van der Waals surface area contributed by atoms with Crippen LogP contribution in [0, 0.1) is 0 Å². The minimum atomic E-state index is 0.199. The molecule has 1 saturated carbocycles. The molecule has 1 aromatic carbocycles. The van der Waals surface area contributed by atoms with E-state index in [9.17, 15) is 0 Å². The van der Waals surface area contributed by atoms with E-state index in [2.05, 4.69) is 48.6 Å². The third-order valence-corrected chi connectivity index (χ3v) is 5.17. The quantitative estimate of drug-likeness (QED) is 0.871. The van der Waals surface area contributed by atoms with Gasteiger partial charge in [0.25, 0.3) is 0 Å². The van der Waals surface area contributed by atoms with Crippen molar-refractivity contribution in [2.75, 3.05) is 20.6 Å². The lowest BCUT2D eigenvalue weighted by molar-refractivity contribution is 0.0569. The van der Waals surface area contributed by atoms with Crippen molar-refractivity contribution in [3.63, 3.8) is 0 Å². The Labute approximate surface area is 116 Å². The number of rotatable bonds is 4. The molecular formula is C16H25N3. The fraction of sp³-hybridized carbons (Fsp3) is 0.625. The molecule has 1 aromatic rings. The van der Waals surface area contributed by atoms with Crippen LogP contribution >= 0.6 is 0 Å². The minimum absolute atomic E-state index is 0.199. The van der Waals surface area contributed by atoms with Crippen LogP contribution in [-0.4, -0.2) is 31.1 Å². The van der Waals surface area contributed by atoms with Crippen LogP contribution in [0.2, 0.25) is 0 Å². The topological polar surface area (TPSA) is 41.3 Å². The van der Waals surface area contributed by atoms with Gasteiger partial charge in [0, 0.05) is 24.2 Å². The Kier molecular flexibility index (Phi) is 3.37. The normalized spacial score (nSPS) is 28.2. The van der Waals surface area contributed by atoms with Crippen LogP contribution < -0.4 is 11.1 Å². The summed E-state index contributed by atoms with van der Waals surface area (Å²) in [6.45, 7) is 1.08. The van der Waals surface area contributed by atoms with Crippen molar-refractivity contribution in [2.24, 2.45) is 5.73 Å². The molecule has 0 bridgehead atoms. The molecule has 19 heavy (non-hydrogen) atoms. The van der Waals surface area contributed by atoms with Crippen molar-refractivity contribution in [2.45, 2.75) is 43.3 Å². The van der Waals surface area contributed by atoms with Crippen molar-refractivity contribution >= 4 is 0 Å². The van der Waals surface area contributed by atoms with E-state index in [-0.39, 0.29) is 6.04 Å². The van der Waals surface area contributed by atoms with E-state index < -0.39 is 0 Å². The Hall–Kier alpha value is -0.900. The van der Waals surface area contributed by atoms with Gasteiger partial charge in [0.15, 0.2) is 0 Å². The third kappa shape index (κ3) is 2.20. The molecule has 0 aliphatic heterocycles. The highest BCUT2D eigenvalue weighted by molar-refractivity contribution is 5.37. The van der Waals surface area contributed by atoms with E-state index in [0.29, 0.717) is 11.6 Å². The summed E-state index contributed by atoms with van der Waals surface area (Å²) in [5, 5.41) is 3.77. The first-order chi connectivity index (χ1) is 9.12. The van der Waals surface area contributed by atoms with Crippen molar-refractivity contribution in [3.05, 3.63) is 35.4 Å². The maximum Gasteiger partial charge on any atom is 0.0342 e.